The van der Waals surface area contributed by atoms with Crippen LogP contribution in [0.3, 0.4) is 0 Å². The fraction of sp³-hybridized carbons (Fsp3) is 0.312. The average Bonchev–Trinajstić information content (AvgIpc) is 2.88. The highest BCUT2D eigenvalue weighted by molar-refractivity contribution is 5.94. The molecule has 0 bridgehead atoms. The molecule has 0 aliphatic carbocycles. The maximum Gasteiger partial charge on any atom is 0.305 e. The van der Waals surface area contributed by atoms with Crippen molar-refractivity contribution >= 4 is 17.5 Å². The summed E-state index contributed by atoms with van der Waals surface area (Å²) >= 11 is 0. The molecule has 2 aromatic rings. The topological polar surface area (TPSA) is 92.5 Å². The van der Waals surface area contributed by atoms with Crippen LogP contribution < -0.4 is 4.90 Å². The van der Waals surface area contributed by atoms with Crippen molar-refractivity contribution < 1.29 is 9.72 Å². The van der Waals surface area contributed by atoms with Crippen LogP contribution in [0.25, 0.3) is 0 Å². The molecule has 1 aromatic heterocycles. The first kappa shape index (κ1) is 15.9. The molecule has 1 aliphatic heterocycles. The lowest BCUT2D eigenvalue weighted by atomic mass is 10.2. The third-order valence-electron chi connectivity index (χ3n) is 3.92. The number of nitrogens with zero attached hydrogens (tertiary/aromatic N) is 5. The molecule has 0 spiro atoms. The van der Waals surface area contributed by atoms with Crippen molar-refractivity contribution in [3.63, 3.8) is 0 Å². The van der Waals surface area contributed by atoms with E-state index in [1.807, 2.05) is 40.1 Å². The minimum absolute atomic E-state index is 0.0158. The van der Waals surface area contributed by atoms with Gasteiger partial charge in [-0.2, -0.15) is 0 Å². The summed E-state index contributed by atoms with van der Waals surface area (Å²) in [6.45, 7) is 2.53. The zero-order valence-corrected chi connectivity index (χ0v) is 13.0. The van der Waals surface area contributed by atoms with E-state index in [4.69, 9.17) is 0 Å². The van der Waals surface area contributed by atoms with E-state index in [1.165, 1.54) is 12.4 Å². The van der Waals surface area contributed by atoms with Crippen LogP contribution >= 0.6 is 0 Å². The van der Waals surface area contributed by atoms with E-state index >= 15 is 0 Å². The first-order chi connectivity index (χ1) is 11.6. The van der Waals surface area contributed by atoms with Crippen LogP contribution in [-0.4, -0.2) is 51.9 Å². The van der Waals surface area contributed by atoms with Crippen LogP contribution in [0.2, 0.25) is 0 Å². The molecular formula is C16H17N5O3. The van der Waals surface area contributed by atoms with Gasteiger partial charge in [-0.25, -0.2) is 9.97 Å². The Hall–Kier alpha value is -3.03. The molecular weight excluding hydrogens is 310 g/mol. The summed E-state index contributed by atoms with van der Waals surface area (Å²) in [7, 11) is 0. The second-order valence-corrected chi connectivity index (χ2v) is 5.50. The molecule has 8 nitrogen and oxygen atoms in total. The van der Waals surface area contributed by atoms with Crippen molar-refractivity contribution in [1.82, 2.24) is 14.9 Å². The Morgan fingerprint density at radius 2 is 1.75 bits per heavy atom. The molecule has 24 heavy (non-hydrogen) atoms. The highest BCUT2D eigenvalue weighted by Crippen LogP contribution is 2.15. The van der Waals surface area contributed by atoms with E-state index in [-0.39, 0.29) is 11.6 Å². The smallest absolute Gasteiger partial charge is 0.305 e. The van der Waals surface area contributed by atoms with Crippen LogP contribution in [0.5, 0.6) is 0 Å². The van der Waals surface area contributed by atoms with Gasteiger partial charge >= 0.3 is 5.69 Å². The molecule has 1 fully saturated rings. The first-order valence-electron chi connectivity index (χ1n) is 7.71. The standard InChI is InChI=1S/C16H17N5O3/c22-15(13-5-2-1-3-6-13)19-7-4-8-20(10-9-19)16-17-11-14(12-18-16)21(23)24/h1-3,5-6,11-12H,4,7-10H2. The number of rotatable bonds is 3. The third-order valence-corrected chi connectivity index (χ3v) is 3.92. The molecule has 0 radical (unpaired) electrons. The number of nitro groups is 1. The average molecular weight is 327 g/mol. The highest BCUT2D eigenvalue weighted by atomic mass is 16.6. The van der Waals surface area contributed by atoms with Gasteiger partial charge in [0, 0.05) is 31.7 Å². The Labute approximate surface area is 138 Å². The number of anilines is 1. The number of amides is 1. The van der Waals surface area contributed by atoms with Gasteiger partial charge in [-0.1, -0.05) is 18.2 Å². The minimum Gasteiger partial charge on any atom is -0.339 e. The lowest BCUT2D eigenvalue weighted by Gasteiger charge is -2.22. The van der Waals surface area contributed by atoms with E-state index < -0.39 is 4.92 Å². The van der Waals surface area contributed by atoms with Gasteiger partial charge in [0.1, 0.15) is 12.4 Å². The molecule has 1 aliphatic rings. The van der Waals surface area contributed by atoms with Gasteiger partial charge in [0.05, 0.1) is 4.92 Å². The zero-order valence-electron chi connectivity index (χ0n) is 13.0. The maximum atomic E-state index is 12.5. The molecule has 124 valence electrons. The molecule has 0 atom stereocenters. The van der Waals surface area contributed by atoms with Gasteiger partial charge < -0.3 is 9.80 Å². The fourth-order valence-corrected chi connectivity index (χ4v) is 2.66. The first-order valence-corrected chi connectivity index (χ1v) is 7.71. The van der Waals surface area contributed by atoms with Crippen LogP contribution in [0, 0.1) is 10.1 Å². The van der Waals surface area contributed by atoms with Gasteiger partial charge in [0.25, 0.3) is 5.91 Å². The molecule has 0 saturated carbocycles. The number of carbonyl (C=O) groups excluding carboxylic acids is 1. The minimum atomic E-state index is -0.521. The predicted octanol–water partition coefficient (Wildman–Crippen LogP) is 1.74. The second-order valence-electron chi connectivity index (χ2n) is 5.50. The SMILES string of the molecule is O=C(c1ccccc1)N1CCCN(c2ncc([N+](=O)[O-])cn2)CC1. The van der Waals surface area contributed by atoms with E-state index in [0.717, 1.165) is 6.42 Å². The molecule has 1 aromatic carbocycles. The third kappa shape index (κ3) is 3.48. The quantitative estimate of drug-likeness (QED) is 0.630. The van der Waals surface area contributed by atoms with Crippen molar-refractivity contribution in [2.75, 3.05) is 31.1 Å². The van der Waals surface area contributed by atoms with Gasteiger partial charge in [-0.05, 0) is 18.6 Å². The highest BCUT2D eigenvalue weighted by Gasteiger charge is 2.21. The lowest BCUT2D eigenvalue weighted by molar-refractivity contribution is -0.385. The van der Waals surface area contributed by atoms with Gasteiger partial charge in [-0.15, -0.1) is 0 Å². The number of benzene rings is 1. The molecule has 1 saturated heterocycles. The molecule has 8 heteroatoms. The van der Waals surface area contributed by atoms with Gasteiger partial charge in [0.15, 0.2) is 0 Å². The largest absolute Gasteiger partial charge is 0.339 e. The molecule has 0 unspecified atom stereocenters. The predicted molar refractivity (Wildman–Crippen MR) is 87.9 cm³/mol. The van der Waals surface area contributed by atoms with Crippen molar-refractivity contribution in [2.24, 2.45) is 0 Å². The number of hydrogen-bond donors (Lipinski definition) is 0. The Balaban J connectivity index is 1.66. The van der Waals surface area contributed by atoms with E-state index in [0.29, 0.717) is 37.7 Å². The second kappa shape index (κ2) is 7.03. The summed E-state index contributed by atoms with van der Waals surface area (Å²) in [5, 5.41) is 10.7. The fourth-order valence-electron chi connectivity index (χ4n) is 2.66. The van der Waals surface area contributed by atoms with Crippen molar-refractivity contribution in [3.05, 3.63) is 58.4 Å². The summed E-state index contributed by atoms with van der Waals surface area (Å²) in [5.74, 6) is 0.469. The number of aromatic nitrogens is 2. The van der Waals surface area contributed by atoms with Crippen molar-refractivity contribution in [3.8, 4) is 0 Å². The summed E-state index contributed by atoms with van der Waals surface area (Å²) in [4.78, 5) is 34.6. The molecule has 0 N–H and O–H groups in total. The summed E-state index contributed by atoms with van der Waals surface area (Å²) in [5.41, 5.74) is 0.548. The van der Waals surface area contributed by atoms with Crippen molar-refractivity contribution in [2.45, 2.75) is 6.42 Å². The Kier molecular flexibility index (Phi) is 4.64. The van der Waals surface area contributed by atoms with Gasteiger partial charge in [0.2, 0.25) is 5.95 Å². The van der Waals surface area contributed by atoms with Crippen LogP contribution in [0.1, 0.15) is 16.8 Å². The molecule has 1 amide bonds. The monoisotopic (exact) mass is 327 g/mol. The van der Waals surface area contributed by atoms with Crippen LogP contribution in [0.4, 0.5) is 11.6 Å². The van der Waals surface area contributed by atoms with E-state index in [9.17, 15) is 14.9 Å². The summed E-state index contributed by atoms with van der Waals surface area (Å²) < 4.78 is 0. The molecule has 2 heterocycles. The summed E-state index contributed by atoms with van der Waals surface area (Å²) in [6.07, 6.45) is 3.21. The van der Waals surface area contributed by atoms with Crippen LogP contribution in [0.15, 0.2) is 42.7 Å². The van der Waals surface area contributed by atoms with Crippen molar-refractivity contribution in [1.29, 1.82) is 0 Å². The van der Waals surface area contributed by atoms with E-state index in [1.54, 1.807) is 0 Å². The summed E-state index contributed by atoms with van der Waals surface area (Å²) in [6, 6.07) is 9.20. The number of carbonyl (C=O) groups is 1. The maximum absolute atomic E-state index is 12.5. The Bertz CT molecular complexity index is 720. The lowest BCUT2D eigenvalue weighted by Crippen LogP contribution is -2.35. The van der Waals surface area contributed by atoms with Crippen LogP contribution in [-0.2, 0) is 0 Å². The Morgan fingerprint density at radius 1 is 1.04 bits per heavy atom. The van der Waals surface area contributed by atoms with Gasteiger partial charge in [-0.3, -0.25) is 14.9 Å². The zero-order chi connectivity index (χ0) is 16.9. The molecule has 3 rings (SSSR count). The number of hydrogen-bond acceptors (Lipinski definition) is 6. The Morgan fingerprint density at radius 3 is 2.42 bits per heavy atom. The van der Waals surface area contributed by atoms with E-state index in [2.05, 4.69) is 9.97 Å². The normalized spacial score (nSPS) is 15.0.